The van der Waals surface area contributed by atoms with E-state index in [2.05, 4.69) is 36.5 Å². The van der Waals surface area contributed by atoms with Crippen LogP contribution < -0.4 is 5.32 Å². The smallest absolute Gasteiger partial charge is 0.218 e. The van der Waals surface area contributed by atoms with Crippen LogP contribution >= 0.6 is 39.7 Å². The Morgan fingerprint density at radius 3 is 2.92 bits per heavy atom. The number of rotatable bonds is 2. The largest absolute Gasteiger partial charge is 0.493 e. The van der Waals surface area contributed by atoms with Crippen LogP contribution in [0.5, 0.6) is 5.88 Å². The van der Waals surface area contributed by atoms with Gasteiger partial charge in [-0.25, -0.2) is 0 Å². The molecule has 0 amide bonds. The van der Waals surface area contributed by atoms with E-state index in [0.717, 1.165) is 26.6 Å². The second-order valence-electron chi connectivity index (χ2n) is 5.05. The fourth-order valence-electron chi connectivity index (χ4n) is 2.22. The first-order chi connectivity index (χ1) is 11.5. The zero-order valence-electron chi connectivity index (χ0n) is 12.5. The van der Waals surface area contributed by atoms with Gasteiger partial charge in [-0.05, 0) is 55.0 Å². The van der Waals surface area contributed by atoms with Crippen LogP contribution in [0.25, 0.3) is 10.9 Å². The zero-order valence-corrected chi connectivity index (χ0v) is 15.6. The van der Waals surface area contributed by atoms with Crippen LogP contribution in [0.4, 0.5) is 11.4 Å². The maximum absolute atomic E-state index is 10.0. The van der Waals surface area contributed by atoms with Gasteiger partial charge >= 0.3 is 0 Å². The molecule has 5 nitrogen and oxygen atoms in total. The van der Waals surface area contributed by atoms with Gasteiger partial charge in [0.15, 0.2) is 5.69 Å². The standard InChI is InChI=1S/C16H12BrClN4OS/c1-8-11(18)3-2-4-12(8)20-16(24)22-21-14-10-7-9(17)5-6-13(10)19-15(14)23/h2-7,19,23H,1H3,(H,20,24). The highest BCUT2D eigenvalue weighted by Gasteiger charge is 2.11. The third-order valence-electron chi connectivity index (χ3n) is 3.46. The summed E-state index contributed by atoms with van der Waals surface area (Å²) in [5.41, 5.74) is 2.72. The molecule has 0 aliphatic rings. The van der Waals surface area contributed by atoms with Crippen LogP contribution in [-0.2, 0) is 0 Å². The normalized spacial score (nSPS) is 11.3. The number of fused-ring (bicyclic) bond motifs is 1. The van der Waals surface area contributed by atoms with Crippen molar-refractivity contribution in [2.24, 2.45) is 10.2 Å². The van der Waals surface area contributed by atoms with Crippen LogP contribution in [-0.4, -0.2) is 15.2 Å². The third kappa shape index (κ3) is 3.43. The number of benzene rings is 2. The van der Waals surface area contributed by atoms with Gasteiger partial charge in [0.05, 0.1) is 5.52 Å². The number of thiocarbonyl (C=S) groups is 1. The number of aromatic nitrogens is 1. The first-order valence-corrected chi connectivity index (χ1v) is 8.51. The second-order valence-corrected chi connectivity index (χ2v) is 6.76. The zero-order chi connectivity index (χ0) is 17.3. The van der Waals surface area contributed by atoms with Gasteiger partial charge in [-0.1, -0.05) is 33.6 Å². The first kappa shape index (κ1) is 16.9. The van der Waals surface area contributed by atoms with Crippen LogP contribution in [0, 0.1) is 6.92 Å². The average molecular weight is 424 g/mol. The average Bonchev–Trinajstić information content (AvgIpc) is 2.84. The predicted octanol–water partition coefficient (Wildman–Crippen LogP) is 6.08. The molecular weight excluding hydrogens is 412 g/mol. The summed E-state index contributed by atoms with van der Waals surface area (Å²) < 4.78 is 0.876. The third-order valence-corrected chi connectivity index (χ3v) is 4.55. The highest BCUT2D eigenvalue weighted by molar-refractivity contribution is 9.10. The number of H-pyrrole nitrogens is 1. The summed E-state index contributed by atoms with van der Waals surface area (Å²) in [5.74, 6) is -0.0615. The van der Waals surface area contributed by atoms with Gasteiger partial charge in [0.1, 0.15) is 0 Å². The van der Waals surface area contributed by atoms with Crippen LogP contribution in [0.15, 0.2) is 51.1 Å². The number of aromatic hydroxyl groups is 1. The lowest BCUT2D eigenvalue weighted by molar-refractivity contribution is 0.459. The van der Waals surface area contributed by atoms with Crippen molar-refractivity contribution in [2.45, 2.75) is 6.92 Å². The summed E-state index contributed by atoms with van der Waals surface area (Å²) >= 11 is 14.7. The van der Waals surface area contributed by atoms with Crippen molar-refractivity contribution < 1.29 is 5.11 Å². The highest BCUT2D eigenvalue weighted by Crippen LogP contribution is 2.36. The Hall–Kier alpha value is -1.96. The topological polar surface area (TPSA) is 72.8 Å². The minimum Gasteiger partial charge on any atom is -0.493 e. The fraction of sp³-hybridized carbons (Fsp3) is 0.0625. The monoisotopic (exact) mass is 422 g/mol. The van der Waals surface area contributed by atoms with Gasteiger partial charge in [0, 0.05) is 20.6 Å². The summed E-state index contributed by atoms with van der Waals surface area (Å²) in [5, 5.41) is 22.6. The molecule has 0 aliphatic heterocycles. The minimum atomic E-state index is -0.0615. The van der Waals surface area contributed by atoms with Gasteiger partial charge in [0.25, 0.3) is 0 Å². The van der Waals surface area contributed by atoms with Crippen molar-refractivity contribution in [3.05, 3.63) is 51.5 Å². The van der Waals surface area contributed by atoms with Crippen LogP contribution in [0.1, 0.15) is 5.56 Å². The van der Waals surface area contributed by atoms with E-state index in [1.807, 2.05) is 37.3 Å². The predicted molar refractivity (Wildman–Crippen MR) is 105 cm³/mol. The van der Waals surface area contributed by atoms with E-state index in [1.54, 1.807) is 6.07 Å². The molecule has 0 saturated carbocycles. The summed E-state index contributed by atoms with van der Waals surface area (Å²) in [4.78, 5) is 2.84. The molecule has 8 heteroatoms. The van der Waals surface area contributed by atoms with Crippen molar-refractivity contribution in [1.82, 2.24) is 4.98 Å². The van der Waals surface area contributed by atoms with Gasteiger partial charge in [-0.2, -0.15) is 0 Å². The van der Waals surface area contributed by atoms with E-state index in [-0.39, 0.29) is 11.0 Å². The Kier molecular flexibility index (Phi) is 4.84. The molecule has 24 heavy (non-hydrogen) atoms. The fourth-order valence-corrected chi connectivity index (χ4v) is 2.90. The number of hydrogen-bond acceptors (Lipinski definition) is 3. The number of hydrogen-bond donors (Lipinski definition) is 3. The van der Waals surface area contributed by atoms with Gasteiger partial charge in [0.2, 0.25) is 11.0 Å². The Morgan fingerprint density at radius 2 is 2.12 bits per heavy atom. The molecule has 0 atom stereocenters. The number of azo groups is 1. The van der Waals surface area contributed by atoms with E-state index < -0.39 is 0 Å². The lowest BCUT2D eigenvalue weighted by atomic mass is 10.2. The molecule has 3 N–H and O–H groups in total. The molecule has 3 aromatic rings. The quantitative estimate of drug-likeness (QED) is 0.345. The van der Waals surface area contributed by atoms with Crippen molar-refractivity contribution in [3.63, 3.8) is 0 Å². The summed E-state index contributed by atoms with van der Waals surface area (Å²) in [6, 6.07) is 11.0. The van der Waals surface area contributed by atoms with E-state index in [0.29, 0.717) is 10.7 Å². The van der Waals surface area contributed by atoms with Gasteiger partial charge < -0.3 is 15.4 Å². The van der Waals surface area contributed by atoms with Crippen molar-refractivity contribution in [2.75, 3.05) is 5.32 Å². The van der Waals surface area contributed by atoms with Gasteiger partial charge in [-0.3, -0.25) is 0 Å². The Labute approximate surface area is 156 Å². The number of nitrogens with one attached hydrogen (secondary N) is 2. The summed E-state index contributed by atoms with van der Waals surface area (Å²) in [6.45, 7) is 1.88. The molecule has 0 fully saturated rings. The Bertz CT molecular complexity index is 970. The second kappa shape index (κ2) is 6.88. The Balaban J connectivity index is 1.85. The van der Waals surface area contributed by atoms with Crippen LogP contribution in [0.3, 0.4) is 0 Å². The lowest BCUT2D eigenvalue weighted by Crippen LogP contribution is -2.06. The van der Waals surface area contributed by atoms with E-state index >= 15 is 0 Å². The molecule has 0 aliphatic carbocycles. The number of anilines is 1. The minimum absolute atomic E-state index is 0.0615. The number of aromatic amines is 1. The SMILES string of the molecule is Cc1c(Cl)cccc1NC(=S)N=Nc1c(O)[nH]c2ccc(Br)cc12. The number of nitrogens with zero attached hydrogens (tertiary/aromatic N) is 2. The van der Waals surface area contributed by atoms with Crippen molar-refractivity contribution in [3.8, 4) is 5.88 Å². The lowest BCUT2D eigenvalue weighted by Gasteiger charge is -2.07. The first-order valence-electron chi connectivity index (χ1n) is 6.93. The summed E-state index contributed by atoms with van der Waals surface area (Å²) in [6.07, 6.45) is 0. The maximum atomic E-state index is 10.0. The molecule has 2 aromatic carbocycles. The van der Waals surface area contributed by atoms with Crippen molar-refractivity contribution in [1.29, 1.82) is 0 Å². The molecule has 122 valence electrons. The molecule has 1 aromatic heterocycles. The molecule has 0 unspecified atom stereocenters. The van der Waals surface area contributed by atoms with Crippen LogP contribution in [0.2, 0.25) is 5.02 Å². The van der Waals surface area contributed by atoms with Gasteiger partial charge in [-0.15, -0.1) is 10.2 Å². The van der Waals surface area contributed by atoms with E-state index in [9.17, 15) is 5.11 Å². The Morgan fingerprint density at radius 1 is 1.33 bits per heavy atom. The van der Waals surface area contributed by atoms with Crippen molar-refractivity contribution >= 4 is 67.1 Å². The number of halogens is 2. The van der Waals surface area contributed by atoms with E-state index in [4.69, 9.17) is 23.8 Å². The highest BCUT2D eigenvalue weighted by atomic mass is 79.9. The summed E-state index contributed by atoms with van der Waals surface area (Å²) in [7, 11) is 0. The molecule has 1 heterocycles. The molecule has 0 bridgehead atoms. The molecule has 3 rings (SSSR count). The molecule has 0 saturated heterocycles. The molecular formula is C16H12BrClN4OS. The molecule has 0 spiro atoms. The maximum Gasteiger partial charge on any atom is 0.218 e. The molecule has 0 radical (unpaired) electrons. The van der Waals surface area contributed by atoms with E-state index in [1.165, 1.54) is 0 Å².